The molecule has 0 radical (unpaired) electrons. The molecule has 0 unspecified atom stereocenters. The van der Waals surface area contributed by atoms with Crippen LogP contribution in [-0.2, 0) is 9.53 Å². The number of carbonyl (C=O) groups excluding carboxylic acids is 1. The molecule has 1 rings (SSSR count). The van der Waals surface area contributed by atoms with E-state index in [1.54, 1.807) is 7.11 Å². The Bertz CT molecular complexity index is 179. The fourth-order valence-electron chi connectivity index (χ4n) is 1.82. The lowest BCUT2D eigenvalue weighted by atomic mass is 10.1. The molecule has 1 aliphatic heterocycles. The van der Waals surface area contributed by atoms with Gasteiger partial charge in [0.15, 0.2) is 0 Å². The minimum atomic E-state index is 0.146. The molecule has 1 N–H and O–H groups in total. The molecular formula is C11H22N2O2. The number of likely N-dealkylation sites (tertiary alicyclic amines) is 1. The van der Waals surface area contributed by atoms with Gasteiger partial charge in [-0.3, -0.25) is 9.69 Å². The van der Waals surface area contributed by atoms with Crippen LogP contribution in [0.5, 0.6) is 0 Å². The SMILES string of the molecule is COCCCNC(=O)CN1CCCCC1. The zero-order valence-electron chi connectivity index (χ0n) is 9.63. The van der Waals surface area contributed by atoms with Gasteiger partial charge in [-0.05, 0) is 32.4 Å². The predicted molar refractivity (Wildman–Crippen MR) is 59.8 cm³/mol. The topological polar surface area (TPSA) is 41.6 Å². The Kier molecular flexibility index (Phi) is 6.36. The van der Waals surface area contributed by atoms with Crippen LogP contribution in [0.1, 0.15) is 25.7 Å². The molecule has 0 saturated carbocycles. The van der Waals surface area contributed by atoms with E-state index in [2.05, 4.69) is 10.2 Å². The van der Waals surface area contributed by atoms with Gasteiger partial charge in [-0.1, -0.05) is 6.42 Å². The molecule has 0 aromatic carbocycles. The van der Waals surface area contributed by atoms with Gasteiger partial charge in [-0.15, -0.1) is 0 Å². The summed E-state index contributed by atoms with van der Waals surface area (Å²) < 4.78 is 4.91. The minimum Gasteiger partial charge on any atom is -0.385 e. The molecule has 0 atom stereocenters. The van der Waals surface area contributed by atoms with Crippen LogP contribution in [0, 0.1) is 0 Å². The maximum atomic E-state index is 11.5. The standard InChI is InChI=1S/C11H22N2O2/c1-15-9-5-6-12-11(14)10-13-7-3-2-4-8-13/h2-10H2,1H3,(H,12,14). The number of nitrogens with zero attached hydrogens (tertiary/aromatic N) is 1. The van der Waals surface area contributed by atoms with Crippen molar-refractivity contribution in [2.75, 3.05) is 39.9 Å². The molecule has 0 aromatic rings. The number of hydrogen-bond acceptors (Lipinski definition) is 3. The number of hydrogen-bond donors (Lipinski definition) is 1. The van der Waals surface area contributed by atoms with E-state index in [1.165, 1.54) is 19.3 Å². The highest BCUT2D eigenvalue weighted by molar-refractivity contribution is 5.77. The lowest BCUT2D eigenvalue weighted by Gasteiger charge is -2.25. The second kappa shape index (κ2) is 7.65. The first kappa shape index (κ1) is 12.5. The van der Waals surface area contributed by atoms with Crippen LogP contribution in [0.3, 0.4) is 0 Å². The summed E-state index contributed by atoms with van der Waals surface area (Å²) >= 11 is 0. The number of ether oxygens (including phenoxy) is 1. The first-order chi connectivity index (χ1) is 7.33. The van der Waals surface area contributed by atoms with Crippen molar-refractivity contribution in [3.8, 4) is 0 Å². The summed E-state index contributed by atoms with van der Waals surface area (Å²) in [5.74, 6) is 0.146. The van der Waals surface area contributed by atoms with Gasteiger partial charge < -0.3 is 10.1 Å². The molecule has 4 nitrogen and oxygen atoms in total. The number of piperidine rings is 1. The smallest absolute Gasteiger partial charge is 0.234 e. The minimum absolute atomic E-state index is 0.146. The van der Waals surface area contributed by atoms with Gasteiger partial charge in [0.1, 0.15) is 0 Å². The maximum absolute atomic E-state index is 11.5. The summed E-state index contributed by atoms with van der Waals surface area (Å²) in [6, 6.07) is 0. The monoisotopic (exact) mass is 214 g/mol. The van der Waals surface area contributed by atoms with Crippen LogP contribution < -0.4 is 5.32 Å². The number of nitrogens with one attached hydrogen (secondary N) is 1. The quantitative estimate of drug-likeness (QED) is 0.659. The number of methoxy groups -OCH3 is 1. The van der Waals surface area contributed by atoms with Crippen molar-refractivity contribution in [1.82, 2.24) is 10.2 Å². The van der Waals surface area contributed by atoms with E-state index >= 15 is 0 Å². The highest BCUT2D eigenvalue weighted by Gasteiger charge is 2.12. The molecule has 1 aliphatic rings. The van der Waals surface area contributed by atoms with Crippen molar-refractivity contribution in [2.45, 2.75) is 25.7 Å². The highest BCUT2D eigenvalue weighted by Crippen LogP contribution is 2.07. The Labute approximate surface area is 92.0 Å². The van der Waals surface area contributed by atoms with Gasteiger partial charge in [0.05, 0.1) is 6.54 Å². The maximum Gasteiger partial charge on any atom is 0.234 e. The Balaban J connectivity index is 2.01. The van der Waals surface area contributed by atoms with Crippen LogP contribution in [0.4, 0.5) is 0 Å². The third-order valence-electron chi connectivity index (χ3n) is 2.66. The molecule has 1 amide bonds. The Morgan fingerprint density at radius 1 is 1.33 bits per heavy atom. The lowest BCUT2D eigenvalue weighted by molar-refractivity contribution is -0.122. The van der Waals surface area contributed by atoms with E-state index in [-0.39, 0.29) is 5.91 Å². The van der Waals surface area contributed by atoms with E-state index < -0.39 is 0 Å². The third kappa shape index (κ3) is 5.74. The average molecular weight is 214 g/mol. The fourth-order valence-corrected chi connectivity index (χ4v) is 1.82. The summed E-state index contributed by atoms with van der Waals surface area (Å²) in [5, 5.41) is 2.90. The Morgan fingerprint density at radius 3 is 2.73 bits per heavy atom. The van der Waals surface area contributed by atoms with Crippen molar-refractivity contribution in [1.29, 1.82) is 0 Å². The van der Waals surface area contributed by atoms with Crippen LogP contribution in [0.25, 0.3) is 0 Å². The molecule has 4 heteroatoms. The zero-order valence-corrected chi connectivity index (χ0v) is 9.63. The first-order valence-electron chi connectivity index (χ1n) is 5.81. The molecule has 1 heterocycles. The van der Waals surface area contributed by atoms with Gasteiger partial charge in [0.2, 0.25) is 5.91 Å². The molecule has 15 heavy (non-hydrogen) atoms. The molecular weight excluding hydrogens is 192 g/mol. The summed E-state index contributed by atoms with van der Waals surface area (Å²) in [7, 11) is 1.68. The zero-order chi connectivity index (χ0) is 10.9. The van der Waals surface area contributed by atoms with E-state index in [9.17, 15) is 4.79 Å². The molecule has 0 aliphatic carbocycles. The predicted octanol–water partition coefficient (Wildman–Crippen LogP) is 0.625. The third-order valence-corrected chi connectivity index (χ3v) is 2.66. The second-order valence-electron chi connectivity index (χ2n) is 4.03. The summed E-state index contributed by atoms with van der Waals surface area (Å²) in [6.45, 7) is 4.15. The first-order valence-corrected chi connectivity index (χ1v) is 5.81. The van der Waals surface area contributed by atoms with E-state index in [0.29, 0.717) is 13.2 Å². The Hall–Kier alpha value is -0.610. The van der Waals surface area contributed by atoms with Crippen molar-refractivity contribution in [3.63, 3.8) is 0 Å². The van der Waals surface area contributed by atoms with E-state index in [0.717, 1.165) is 26.1 Å². The molecule has 0 aromatic heterocycles. The average Bonchev–Trinajstić information content (AvgIpc) is 2.26. The van der Waals surface area contributed by atoms with E-state index in [1.807, 2.05) is 0 Å². The molecule has 0 bridgehead atoms. The van der Waals surface area contributed by atoms with Gasteiger partial charge in [-0.25, -0.2) is 0 Å². The largest absolute Gasteiger partial charge is 0.385 e. The van der Waals surface area contributed by atoms with Crippen LogP contribution in [-0.4, -0.2) is 50.7 Å². The van der Waals surface area contributed by atoms with E-state index in [4.69, 9.17) is 4.74 Å². The summed E-state index contributed by atoms with van der Waals surface area (Å²) in [6.07, 6.45) is 4.67. The summed E-state index contributed by atoms with van der Waals surface area (Å²) in [4.78, 5) is 13.7. The van der Waals surface area contributed by atoms with Gasteiger partial charge in [-0.2, -0.15) is 0 Å². The number of rotatable bonds is 6. The van der Waals surface area contributed by atoms with Crippen LogP contribution in [0.2, 0.25) is 0 Å². The summed E-state index contributed by atoms with van der Waals surface area (Å²) in [5.41, 5.74) is 0. The van der Waals surface area contributed by atoms with Gasteiger partial charge >= 0.3 is 0 Å². The van der Waals surface area contributed by atoms with Crippen molar-refractivity contribution >= 4 is 5.91 Å². The van der Waals surface area contributed by atoms with Gasteiger partial charge in [0, 0.05) is 20.3 Å². The Morgan fingerprint density at radius 2 is 2.07 bits per heavy atom. The molecule has 88 valence electrons. The second-order valence-corrected chi connectivity index (χ2v) is 4.03. The van der Waals surface area contributed by atoms with Gasteiger partial charge in [0.25, 0.3) is 0 Å². The highest BCUT2D eigenvalue weighted by atomic mass is 16.5. The molecule has 0 spiro atoms. The lowest BCUT2D eigenvalue weighted by Crippen LogP contribution is -2.40. The van der Waals surface area contributed by atoms with Crippen molar-refractivity contribution in [3.05, 3.63) is 0 Å². The van der Waals surface area contributed by atoms with Crippen molar-refractivity contribution in [2.24, 2.45) is 0 Å². The molecule has 1 fully saturated rings. The normalized spacial score (nSPS) is 17.7. The van der Waals surface area contributed by atoms with Crippen LogP contribution in [0.15, 0.2) is 0 Å². The van der Waals surface area contributed by atoms with Crippen molar-refractivity contribution < 1.29 is 9.53 Å². The van der Waals surface area contributed by atoms with Crippen LogP contribution >= 0.6 is 0 Å². The number of amides is 1. The molecule has 1 saturated heterocycles. The fraction of sp³-hybridized carbons (Fsp3) is 0.909. The number of carbonyl (C=O) groups is 1.